The highest BCUT2D eigenvalue weighted by molar-refractivity contribution is 5.99. The lowest BCUT2D eigenvalue weighted by molar-refractivity contribution is 0.0932. The molecule has 1 heterocycles. The van der Waals surface area contributed by atoms with Crippen LogP contribution in [0.5, 0.6) is 0 Å². The minimum atomic E-state index is -0.138. The van der Waals surface area contributed by atoms with E-state index in [0.29, 0.717) is 17.3 Å². The summed E-state index contributed by atoms with van der Waals surface area (Å²) in [6.45, 7) is 6.35. The van der Waals surface area contributed by atoms with Gasteiger partial charge < -0.3 is 9.88 Å². The average molecular weight is 424 g/mol. The third-order valence-electron chi connectivity index (χ3n) is 5.84. The van der Waals surface area contributed by atoms with Gasteiger partial charge in [0.1, 0.15) is 17.2 Å². The number of benzene rings is 3. The van der Waals surface area contributed by atoms with Crippen LogP contribution in [0.4, 0.5) is 0 Å². The van der Waals surface area contributed by atoms with E-state index in [4.69, 9.17) is 4.98 Å². The van der Waals surface area contributed by atoms with E-state index in [-0.39, 0.29) is 11.9 Å². The van der Waals surface area contributed by atoms with Crippen LogP contribution >= 0.6 is 0 Å². The van der Waals surface area contributed by atoms with Gasteiger partial charge in [-0.05, 0) is 24.0 Å². The Hall–Kier alpha value is -3.66. The molecular formula is C28H29N3O. The fourth-order valence-corrected chi connectivity index (χ4v) is 3.92. The molecule has 0 fully saturated rings. The van der Waals surface area contributed by atoms with Crippen LogP contribution in [0.25, 0.3) is 22.6 Å². The SMILES string of the molecule is CC(C)c1ccc(-c2nc(-c3ccccc3)n(C)c2C(=O)NC(C)c2ccccc2)cc1. The lowest BCUT2D eigenvalue weighted by atomic mass is 10.00. The number of hydrogen-bond acceptors (Lipinski definition) is 2. The Balaban J connectivity index is 1.77. The van der Waals surface area contributed by atoms with Crippen LogP contribution in [-0.2, 0) is 7.05 Å². The first-order valence-electron chi connectivity index (χ1n) is 11.0. The number of nitrogens with one attached hydrogen (secondary N) is 1. The number of imidazole rings is 1. The monoisotopic (exact) mass is 423 g/mol. The van der Waals surface area contributed by atoms with Crippen LogP contribution in [0.15, 0.2) is 84.9 Å². The number of hydrogen-bond donors (Lipinski definition) is 1. The number of carbonyl (C=O) groups excluding carboxylic acids is 1. The van der Waals surface area contributed by atoms with Crippen LogP contribution in [0, 0.1) is 0 Å². The summed E-state index contributed by atoms with van der Waals surface area (Å²) in [7, 11) is 1.91. The van der Waals surface area contributed by atoms with E-state index < -0.39 is 0 Å². The molecule has 0 spiro atoms. The summed E-state index contributed by atoms with van der Waals surface area (Å²) in [6.07, 6.45) is 0. The zero-order chi connectivity index (χ0) is 22.7. The molecule has 0 saturated carbocycles. The fourth-order valence-electron chi connectivity index (χ4n) is 3.92. The topological polar surface area (TPSA) is 46.9 Å². The van der Waals surface area contributed by atoms with Gasteiger partial charge in [-0.1, -0.05) is 98.8 Å². The van der Waals surface area contributed by atoms with Gasteiger partial charge in [0.25, 0.3) is 5.91 Å². The molecule has 4 nitrogen and oxygen atoms in total. The Morgan fingerprint density at radius 1 is 0.781 bits per heavy atom. The highest BCUT2D eigenvalue weighted by Gasteiger charge is 2.24. The van der Waals surface area contributed by atoms with Crippen LogP contribution in [0.1, 0.15) is 54.3 Å². The van der Waals surface area contributed by atoms with Gasteiger partial charge in [-0.3, -0.25) is 4.79 Å². The van der Waals surface area contributed by atoms with E-state index in [1.807, 2.05) is 79.2 Å². The summed E-state index contributed by atoms with van der Waals surface area (Å²) in [5.74, 6) is 1.08. The van der Waals surface area contributed by atoms with Crippen molar-refractivity contribution in [2.45, 2.75) is 32.7 Å². The molecule has 0 bridgehead atoms. The van der Waals surface area contributed by atoms with E-state index in [0.717, 1.165) is 22.5 Å². The van der Waals surface area contributed by atoms with Crippen molar-refractivity contribution in [3.05, 3.63) is 102 Å². The predicted octanol–water partition coefficient (Wildman–Crippen LogP) is 6.37. The predicted molar refractivity (Wildman–Crippen MR) is 130 cm³/mol. The first-order chi connectivity index (χ1) is 15.5. The van der Waals surface area contributed by atoms with Gasteiger partial charge in [0.2, 0.25) is 0 Å². The van der Waals surface area contributed by atoms with Crippen molar-refractivity contribution in [2.24, 2.45) is 7.05 Å². The Kier molecular flexibility index (Phi) is 6.22. The fraction of sp³-hybridized carbons (Fsp3) is 0.214. The van der Waals surface area contributed by atoms with Crippen molar-refractivity contribution in [1.82, 2.24) is 14.9 Å². The van der Waals surface area contributed by atoms with E-state index in [2.05, 4.69) is 43.4 Å². The minimum Gasteiger partial charge on any atom is -0.344 e. The summed E-state index contributed by atoms with van der Waals surface area (Å²) >= 11 is 0. The second-order valence-electron chi connectivity index (χ2n) is 8.44. The van der Waals surface area contributed by atoms with Crippen molar-refractivity contribution < 1.29 is 4.79 Å². The van der Waals surface area contributed by atoms with Gasteiger partial charge in [0, 0.05) is 18.2 Å². The smallest absolute Gasteiger partial charge is 0.270 e. The zero-order valence-electron chi connectivity index (χ0n) is 19.0. The third-order valence-corrected chi connectivity index (χ3v) is 5.84. The Morgan fingerprint density at radius 2 is 1.38 bits per heavy atom. The second kappa shape index (κ2) is 9.23. The minimum absolute atomic E-state index is 0.116. The number of rotatable bonds is 6. The van der Waals surface area contributed by atoms with Crippen molar-refractivity contribution >= 4 is 5.91 Å². The van der Waals surface area contributed by atoms with Gasteiger partial charge >= 0.3 is 0 Å². The Morgan fingerprint density at radius 3 is 1.97 bits per heavy atom. The maximum absolute atomic E-state index is 13.5. The van der Waals surface area contributed by atoms with Crippen molar-refractivity contribution in [1.29, 1.82) is 0 Å². The molecule has 0 aliphatic rings. The second-order valence-corrected chi connectivity index (χ2v) is 8.44. The van der Waals surface area contributed by atoms with Gasteiger partial charge in [-0.2, -0.15) is 0 Å². The molecule has 1 N–H and O–H groups in total. The molecule has 4 heteroatoms. The zero-order valence-corrected chi connectivity index (χ0v) is 19.0. The normalized spacial score (nSPS) is 12.0. The molecule has 3 aromatic carbocycles. The number of aromatic nitrogens is 2. The Labute approximate surface area is 190 Å². The number of nitrogens with zero attached hydrogens (tertiary/aromatic N) is 2. The quantitative estimate of drug-likeness (QED) is 0.392. The summed E-state index contributed by atoms with van der Waals surface area (Å²) in [6, 6.07) is 28.2. The molecule has 0 aliphatic carbocycles. The summed E-state index contributed by atoms with van der Waals surface area (Å²) in [5, 5.41) is 3.16. The first-order valence-corrected chi connectivity index (χ1v) is 11.0. The lowest BCUT2D eigenvalue weighted by Crippen LogP contribution is -2.28. The van der Waals surface area contributed by atoms with Gasteiger partial charge in [0.15, 0.2) is 0 Å². The lowest BCUT2D eigenvalue weighted by Gasteiger charge is -2.15. The summed E-state index contributed by atoms with van der Waals surface area (Å²) in [5.41, 5.74) is 5.49. The first kappa shape index (κ1) is 21.6. The highest BCUT2D eigenvalue weighted by atomic mass is 16.2. The molecule has 32 heavy (non-hydrogen) atoms. The van der Waals surface area contributed by atoms with Crippen LogP contribution in [-0.4, -0.2) is 15.5 Å². The molecule has 0 radical (unpaired) electrons. The maximum Gasteiger partial charge on any atom is 0.270 e. The van der Waals surface area contributed by atoms with E-state index in [9.17, 15) is 4.79 Å². The molecule has 1 aromatic heterocycles. The van der Waals surface area contributed by atoms with E-state index in [1.54, 1.807) is 0 Å². The van der Waals surface area contributed by atoms with Crippen molar-refractivity contribution in [2.75, 3.05) is 0 Å². The summed E-state index contributed by atoms with van der Waals surface area (Å²) < 4.78 is 1.90. The Bertz CT molecular complexity index is 1190. The molecular weight excluding hydrogens is 394 g/mol. The maximum atomic E-state index is 13.5. The molecule has 0 aliphatic heterocycles. The van der Waals surface area contributed by atoms with Gasteiger partial charge in [-0.25, -0.2) is 4.98 Å². The summed E-state index contributed by atoms with van der Waals surface area (Å²) in [4.78, 5) is 18.4. The van der Waals surface area contributed by atoms with Crippen molar-refractivity contribution in [3.63, 3.8) is 0 Å². The largest absolute Gasteiger partial charge is 0.344 e. The van der Waals surface area contributed by atoms with E-state index in [1.165, 1.54) is 5.56 Å². The van der Waals surface area contributed by atoms with Crippen LogP contribution < -0.4 is 5.32 Å². The van der Waals surface area contributed by atoms with Crippen molar-refractivity contribution in [3.8, 4) is 22.6 Å². The van der Waals surface area contributed by atoms with Gasteiger partial charge in [-0.15, -0.1) is 0 Å². The number of carbonyl (C=O) groups is 1. The molecule has 4 rings (SSSR count). The average Bonchev–Trinajstić information content (AvgIpc) is 3.17. The molecule has 1 unspecified atom stereocenters. The molecule has 162 valence electrons. The van der Waals surface area contributed by atoms with Crippen LogP contribution in [0.2, 0.25) is 0 Å². The number of amides is 1. The highest BCUT2D eigenvalue weighted by Crippen LogP contribution is 2.30. The molecule has 0 saturated heterocycles. The van der Waals surface area contributed by atoms with E-state index >= 15 is 0 Å². The molecule has 4 aromatic rings. The third kappa shape index (κ3) is 4.35. The van der Waals surface area contributed by atoms with Gasteiger partial charge in [0.05, 0.1) is 6.04 Å². The standard InChI is InChI=1S/C28H29N3O/c1-19(2)21-15-17-23(18-16-21)25-26(28(32)29-20(3)22-11-7-5-8-12-22)31(4)27(30-25)24-13-9-6-10-14-24/h5-20H,1-4H3,(H,29,32). The van der Waals surface area contributed by atoms with Crippen LogP contribution in [0.3, 0.4) is 0 Å². The molecule has 1 atom stereocenters. The molecule has 1 amide bonds.